The number of ether oxygens (including phenoxy) is 2. The van der Waals surface area contributed by atoms with Crippen molar-refractivity contribution in [1.82, 2.24) is 4.98 Å². The molecule has 1 aliphatic rings. The molecule has 3 rings (SSSR count). The fraction of sp³-hybridized carbons (Fsp3) is 0.438. The molecule has 0 spiro atoms. The predicted molar refractivity (Wildman–Crippen MR) is 90.6 cm³/mol. The van der Waals surface area contributed by atoms with Crippen LogP contribution in [0.15, 0.2) is 36.5 Å². The Bertz CT molecular complexity index is 812. The van der Waals surface area contributed by atoms with Gasteiger partial charge in [-0.1, -0.05) is 6.07 Å². The molecule has 2 heterocycles. The monoisotopic (exact) mass is 385 g/mol. The number of nitrogens with zero attached hydrogens (tertiary/aromatic N) is 1. The fourth-order valence-electron chi connectivity index (χ4n) is 2.81. The Kier molecular flexibility index (Phi) is 5.59. The molecule has 1 fully saturated rings. The van der Waals surface area contributed by atoms with Crippen molar-refractivity contribution in [2.75, 3.05) is 6.16 Å². The lowest BCUT2D eigenvalue weighted by atomic mass is 9.97. The number of aliphatic hydroxyl groups is 3. The summed E-state index contributed by atoms with van der Waals surface area (Å²) in [4.78, 5) is 22.1. The van der Waals surface area contributed by atoms with Crippen LogP contribution in [0.5, 0.6) is 5.75 Å². The molecular formula is C16H20NO8P. The Hall–Kier alpha value is -1.58. The number of rotatable bonds is 5. The van der Waals surface area contributed by atoms with E-state index in [2.05, 4.69) is 4.98 Å². The van der Waals surface area contributed by atoms with Gasteiger partial charge in [-0.05, 0) is 30.7 Å². The standard InChI is InChI=1S/C16H20NO8P/c18-13-12(5-7-26(21,22)23)25-16(15(20)14(13)19)24-10-3-4-11-9(8-10)2-1-6-17-11/h1-4,6,8,12-16,18-20H,5,7H2,(H2,21,22,23)/t12-,13-,14+,15+,16?/m1/s1. The normalized spacial score (nSPS) is 29.7. The van der Waals surface area contributed by atoms with Crippen molar-refractivity contribution in [3.63, 3.8) is 0 Å². The molecule has 5 N–H and O–H groups in total. The summed E-state index contributed by atoms with van der Waals surface area (Å²) in [6.07, 6.45) is -6.05. The van der Waals surface area contributed by atoms with Crippen LogP contribution in [0.4, 0.5) is 0 Å². The fourth-order valence-corrected chi connectivity index (χ4v) is 3.40. The number of aliphatic hydroxyl groups excluding tert-OH is 3. The third-order valence-electron chi connectivity index (χ3n) is 4.20. The zero-order valence-electron chi connectivity index (χ0n) is 13.6. The Balaban J connectivity index is 1.75. The second-order valence-electron chi connectivity index (χ2n) is 6.17. The van der Waals surface area contributed by atoms with Gasteiger partial charge in [-0.25, -0.2) is 0 Å². The molecule has 2 aromatic rings. The van der Waals surface area contributed by atoms with Gasteiger partial charge in [0.05, 0.1) is 17.8 Å². The summed E-state index contributed by atoms with van der Waals surface area (Å²) in [5.41, 5.74) is 0.750. The summed E-state index contributed by atoms with van der Waals surface area (Å²) in [7, 11) is -4.29. The minimum atomic E-state index is -4.29. The van der Waals surface area contributed by atoms with Crippen LogP contribution in [0.1, 0.15) is 6.42 Å². The number of hydrogen-bond acceptors (Lipinski definition) is 7. The number of hydrogen-bond donors (Lipinski definition) is 5. The highest BCUT2D eigenvalue weighted by atomic mass is 31.2. The van der Waals surface area contributed by atoms with Crippen LogP contribution in [0.25, 0.3) is 10.9 Å². The van der Waals surface area contributed by atoms with Crippen LogP contribution in [-0.4, -0.2) is 67.0 Å². The van der Waals surface area contributed by atoms with E-state index in [9.17, 15) is 19.9 Å². The molecule has 26 heavy (non-hydrogen) atoms. The van der Waals surface area contributed by atoms with E-state index in [0.29, 0.717) is 5.75 Å². The zero-order valence-corrected chi connectivity index (χ0v) is 14.5. The molecule has 1 aromatic heterocycles. The second kappa shape index (κ2) is 7.58. The molecule has 0 saturated carbocycles. The van der Waals surface area contributed by atoms with E-state index in [-0.39, 0.29) is 6.42 Å². The quantitative estimate of drug-likeness (QED) is 0.448. The molecule has 9 nitrogen and oxygen atoms in total. The highest BCUT2D eigenvalue weighted by molar-refractivity contribution is 7.51. The summed E-state index contributed by atoms with van der Waals surface area (Å²) in [6.45, 7) is 0. The van der Waals surface area contributed by atoms with Crippen LogP contribution >= 0.6 is 7.60 Å². The van der Waals surface area contributed by atoms with Gasteiger partial charge in [-0.15, -0.1) is 0 Å². The first-order valence-electron chi connectivity index (χ1n) is 8.00. The van der Waals surface area contributed by atoms with Crippen LogP contribution < -0.4 is 4.74 Å². The van der Waals surface area contributed by atoms with Gasteiger partial charge in [-0.2, -0.15) is 0 Å². The smallest absolute Gasteiger partial charge is 0.325 e. The van der Waals surface area contributed by atoms with Crippen molar-refractivity contribution in [3.8, 4) is 5.75 Å². The summed E-state index contributed by atoms with van der Waals surface area (Å²) in [5.74, 6) is 0.354. The first kappa shape index (κ1) is 19.2. The van der Waals surface area contributed by atoms with Gasteiger partial charge < -0.3 is 34.6 Å². The van der Waals surface area contributed by atoms with E-state index in [1.165, 1.54) is 0 Å². The lowest BCUT2D eigenvalue weighted by Crippen LogP contribution is -2.59. The van der Waals surface area contributed by atoms with Gasteiger partial charge in [0.1, 0.15) is 24.1 Å². The molecule has 142 valence electrons. The molecule has 0 amide bonds. The Labute approximate surface area is 149 Å². The van der Waals surface area contributed by atoms with E-state index in [0.717, 1.165) is 10.9 Å². The van der Waals surface area contributed by atoms with Crippen LogP contribution in [0.3, 0.4) is 0 Å². The molecule has 5 atom stereocenters. The largest absolute Gasteiger partial charge is 0.462 e. The summed E-state index contributed by atoms with van der Waals surface area (Å²) < 4.78 is 22.1. The lowest BCUT2D eigenvalue weighted by Gasteiger charge is -2.40. The first-order valence-corrected chi connectivity index (χ1v) is 9.80. The number of benzene rings is 1. The van der Waals surface area contributed by atoms with Gasteiger partial charge in [0.25, 0.3) is 0 Å². The van der Waals surface area contributed by atoms with Crippen molar-refractivity contribution >= 4 is 18.5 Å². The molecule has 1 saturated heterocycles. The third kappa shape index (κ3) is 4.39. The summed E-state index contributed by atoms with van der Waals surface area (Å²) in [6, 6.07) is 8.61. The van der Waals surface area contributed by atoms with Gasteiger partial charge in [0, 0.05) is 11.6 Å². The number of aromatic nitrogens is 1. The first-order chi connectivity index (χ1) is 12.2. The molecule has 10 heteroatoms. The van der Waals surface area contributed by atoms with Gasteiger partial charge in [0.2, 0.25) is 6.29 Å². The Morgan fingerprint density at radius 2 is 1.88 bits per heavy atom. The lowest BCUT2D eigenvalue weighted by molar-refractivity contribution is -0.272. The van der Waals surface area contributed by atoms with Crippen molar-refractivity contribution in [2.24, 2.45) is 0 Å². The van der Waals surface area contributed by atoms with Gasteiger partial charge in [-0.3, -0.25) is 9.55 Å². The maximum absolute atomic E-state index is 11.0. The number of pyridine rings is 1. The van der Waals surface area contributed by atoms with Gasteiger partial charge in [0.15, 0.2) is 0 Å². The highest BCUT2D eigenvalue weighted by Gasteiger charge is 2.45. The summed E-state index contributed by atoms with van der Waals surface area (Å²) >= 11 is 0. The SMILES string of the molecule is O=P(O)(O)CC[C@H]1OC(Oc2ccc3ncccc3c2)[C@@H](O)[C@@H](O)[C@@H]1O. The van der Waals surface area contributed by atoms with Crippen molar-refractivity contribution in [3.05, 3.63) is 36.5 Å². The average molecular weight is 385 g/mol. The Morgan fingerprint density at radius 3 is 2.62 bits per heavy atom. The van der Waals surface area contributed by atoms with Gasteiger partial charge >= 0.3 is 7.60 Å². The Morgan fingerprint density at radius 1 is 1.12 bits per heavy atom. The van der Waals surface area contributed by atoms with E-state index in [1.807, 2.05) is 6.07 Å². The van der Waals surface area contributed by atoms with E-state index < -0.39 is 44.5 Å². The molecule has 1 aromatic carbocycles. The molecule has 1 unspecified atom stereocenters. The van der Waals surface area contributed by atoms with Crippen LogP contribution in [-0.2, 0) is 9.30 Å². The zero-order chi connectivity index (χ0) is 18.9. The molecule has 0 aliphatic carbocycles. The average Bonchev–Trinajstić information content (AvgIpc) is 2.60. The van der Waals surface area contributed by atoms with Crippen LogP contribution in [0.2, 0.25) is 0 Å². The van der Waals surface area contributed by atoms with Crippen LogP contribution in [0, 0.1) is 0 Å². The van der Waals surface area contributed by atoms with Crippen molar-refractivity contribution in [1.29, 1.82) is 0 Å². The minimum absolute atomic E-state index is 0.198. The van der Waals surface area contributed by atoms with E-state index in [4.69, 9.17) is 19.3 Å². The van der Waals surface area contributed by atoms with E-state index >= 15 is 0 Å². The molecule has 0 bridgehead atoms. The second-order valence-corrected chi connectivity index (χ2v) is 7.94. The predicted octanol–water partition coefficient (Wildman–Crippen LogP) is -0.0110. The maximum Gasteiger partial charge on any atom is 0.325 e. The molecule has 1 aliphatic heterocycles. The van der Waals surface area contributed by atoms with E-state index in [1.54, 1.807) is 30.5 Å². The third-order valence-corrected chi connectivity index (χ3v) is 5.04. The highest BCUT2D eigenvalue weighted by Crippen LogP contribution is 2.37. The minimum Gasteiger partial charge on any atom is -0.462 e. The molecule has 0 radical (unpaired) electrons. The topological polar surface area (TPSA) is 150 Å². The van der Waals surface area contributed by atoms with Crippen molar-refractivity contribution < 1.29 is 39.1 Å². The number of fused-ring (bicyclic) bond motifs is 1. The van der Waals surface area contributed by atoms with Crippen molar-refractivity contribution in [2.45, 2.75) is 37.1 Å². The maximum atomic E-state index is 11.0. The summed E-state index contributed by atoms with van der Waals surface area (Å²) in [5, 5.41) is 30.9. The molecular weight excluding hydrogens is 365 g/mol.